The monoisotopic (exact) mass is 352 g/mol. The Morgan fingerprint density at radius 2 is 1.86 bits per heavy atom. The van der Waals surface area contributed by atoms with Gasteiger partial charge < -0.3 is 11.1 Å². The van der Waals surface area contributed by atoms with Gasteiger partial charge in [-0.2, -0.15) is 0 Å². The van der Waals surface area contributed by atoms with Crippen molar-refractivity contribution in [2.24, 2.45) is 5.73 Å². The van der Waals surface area contributed by atoms with E-state index in [0.29, 0.717) is 16.5 Å². The molecule has 0 aromatic heterocycles. The molecule has 1 atom stereocenters. The SMILES string of the molecule is CC(NC(=O)CCCCCCN)c1ccc(Cl)c(Cl)c1.Cl. The van der Waals surface area contributed by atoms with Gasteiger partial charge in [-0.1, -0.05) is 42.1 Å². The zero-order valence-corrected chi connectivity index (χ0v) is 14.5. The number of carbonyl (C=O) groups excluding carboxylic acids is 1. The van der Waals surface area contributed by atoms with E-state index in [9.17, 15) is 4.79 Å². The first-order valence-corrected chi connectivity index (χ1v) is 7.74. The number of amides is 1. The third-order valence-corrected chi connectivity index (χ3v) is 3.92. The lowest BCUT2D eigenvalue weighted by atomic mass is 10.1. The van der Waals surface area contributed by atoms with Crippen LogP contribution in [0.1, 0.15) is 50.6 Å². The second kappa shape index (κ2) is 11.1. The Morgan fingerprint density at radius 1 is 1.19 bits per heavy atom. The topological polar surface area (TPSA) is 55.1 Å². The number of benzene rings is 1. The van der Waals surface area contributed by atoms with E-state index in [-0.39, 0.29) is 24.4 Å². The van der Waals surface area contributed by atoms with Crippen LogP contribution in [-0.4, -0.2) is 12.5 Å². The van der Waals surface area contributed by atoms with Crippen molar-refractivity contribution in [1.82, 2.24) is 5.32 Å². The standard InChI is InChI=1S/C15H22Cl2N2O.ClH/c1-11(12-7-8-13(16)14(17)10-12)19-15(20)6-4-2-3-5-9-18;/h7-8,10-11H,2-6,9,18H2,1H3,(H,19,20);1H. The van der Waals surface area contributed by atoms with Gasteiger partial charge >= 0.3 is 0 Å². The number of rotatable bonds is 8. The first-order valence-electron chi connectivity index (χ1n) is 6.99. The molecule has 6 heteroatoms. The normalized spacial score (nSPS) is 11.6. The van der Waals surface area contributed by atoms with Gasteiger partial charge in [0.1, 0.15) is 0 Å². The first kappa shape index (κ1) is 20.5. The van der Waals surface area contributed by atoms with Crippen molar-refractivity contribution in [2.75, 3.05) is 6.54 Å². The third kappa shape index (κ3) is 7.91. The molecule has 0 radical (unpaired) electrons. The lowest BCUT2D eigenvalue weighted by Crippen LogP contribution is -2.26. The molecule has 1 aromatic rings. The summed E-state index contributed by atoms with van der Waals surface area (Å²) in [6.07, 6.45) is 4.62. The van der Waals surface area contributed by atoms with Crippen LogP contribution < -0.4 is 11.1 Å². The summed E-state index contributed by atoms with van der Waals surface area (Å²) in [5.41, 5.74) is 6.38. The molecule has 120 valence electrons. The van der Waals surface area contributed by atoms with Crippen molar-refractivity contribution < 1.29 is 4.79 Å². The molecule has 0 saturated heterocycles. The zero-order valence-electron chi connectivity index (χ0n) is 12.2. The van der Waals surface area contributed by atoms with Crippen molar-refractivity contribution in [3.05, 3.63) is 33.8 Å². The molecule has 1 unspecified atom stereocenters. The van der Waals surface area contributed by atoms with E-state index in [2.05, 4.69) is 5.32 Å². The lowest BCUT2D eigenvalue weighted by Gasteiger charge is -2.15. The molecule has 1 amide bonds. The van der Waals surface area contributed by atoms with E-state index in [0.717, 1.165) is 37.8 Å². The summed E-state index contributed by atoms with van der Waals surface area (Å²) in [6, 6.07) is 5.34. The summed E-state index contributed by atoms with van der Waals surface area (Å²) in [4.78, 5) is 11.8. The molecule has 0 bridgehead atoms. The molecule has 0 fully saturated rings. The Bertz CT molecular complexity index is 441. The van der Waals surface area contributed by atoms with E-state index in [1.165, 1.54) is 0 Å². The van der Waals surface area contributed by atoms with E-state index in [1.54, 1.807) is 12.1 Å². The molecule has 0 spiro atoms. The quantitative estimate of drug-likeness (QED) is 0.676. The fraction of sp³-hybridized carbons (Fsp3) is 0.533. The predicted molar refractivity (Wildman–Crippen MR) is 92.4 cm³/mol. The lowest BCUT2D eigenvalue weighted by molar-refractivity contribution is -0.121. The molecule has 21 heavy (non-hydrogen) atoms. The highest BCUT2D eigenvalue weighted by Crippen LogP contribution is 2.25. The van der Waals surface area contributed by atoms with Gasteiger partial charge in [0.2, 0.25) is 5.91 Å². The number of hydrogen-bond donors (Lipinski definition) is 2. The maximum absolute atomic E-state index is 11.8. The van der Waals surface area contributed by atoms with Crippen LogP contribution in [0.4, 0.5) is 0 Å². The van der Waals surface area contributed by atoms with Crippen LogP contribution in [0.25, 0.3) is 0 Å². The van der Waals surface area contributed by atoms with E-state index >= 15 is 0 Å². The summed E-state index contributed by atoms with van der Waals surface area (Å²) in [7, 11) is 0. The summed E-state index contributed by atoms with van der Waals surface area (Å²) in [6.45, 7) is 2.66. The van der Waals surface area contributed by atoms with Crippen LogP contribution in [0.15, 0.2) is 18.2 Å². The van der Waals surface area contributed by atoms with Crippen molar-refractivity contribution in [1.29, 1.82) is 0 Å². The van der Waals surface area contributed by atoms with Gasteiger partial charge in [0.25, 0.3) is 0 Å². The number of carbonyl (C=O) groups is 1. The number of halogens is 3. The molecular formula is C15H23Cl3N2O. The van der Waals surface area contributed by atoms with Crippen LogP contribution in [0.5, 0.6) is 0 Å². The maximum atomic E-state index is 11.8. The van der Waals surface area contributed by atoms with E-state index < -0.39 is 0 Å². The van der Waals surface area contributed by atoms with Gasteiger partial charge in [0.05, 0.1) is 16.1 Å². The third-order valence-electron chi connectivity index (χ3n) is 3.18. The molecule has 0 heterocycles. The average Bonchev–Trinajstić information content (AvgIpc) is 2.41. The Kier molecular flexibility index (Phi) is 10.9. The van der Waals surface area contributed by atoms with E-state index in [1.807, 2.05) is 13.0 Å². The molecule has 3 N–H and O–H groups in total. The van der Waals surface area contributed by atoms with E-state index in [4.69, 9.17) is 28.9 Å². The van der Waals surface area contributed by atoms with Crippen LogP contribution in [0, 0.1) is 0 Å². The average molecular weight is 354 g/mol. The minimum atomic E-state index is -0.0682. The molecule has 1 aromatic carbocycles. The Morgan fingerprint density at radius 3 is 2.48 bits per heavy atom. The first-order chi connectivity index (χ1) is 9.54. The smallest absolute Gasteiger partial charge is 0.220 e. The minimum absolute atomic E-state index is 0. The van der Waals surface area contributed by atoms with Crippen molar-refractivity contribution in [2.45, 2.75) is 45.1 Å². The summed E-state index contributed by atoms with van der Waals surface area (Å²) in [5.74, 6) is 0.0660. The van der Waals surface area contributed by atoms with Crippen molar-refractivity contribution >= 4 is 41.5 Å². The molecular weight excluding hydrogens is 331 g/mol. The Labute approximate surface area is 143 Å². The number of unbranched alkanes of at least 4 members (excludes halogenated alkanes) is 3. The second-order valence-electron chi connectivity index (χ2n) is 4.92. The molecule has 0 saturated carbocycles. The molecule has 0 aliphatic rings. The number of nitrogens with one attached hydrogen (secondary N) is 1. The van der Waals surface area contributed by atoms with Gasteiger partial charge in [-0.15, -0.1) is 12.4 Å². The molecule has 0 aliphatic carbocycles. The number of hydrogen-bond acceptors (Lipinski definition) is 2. The Balaban J connectivity index is 0.00000400. The molecule has 1 rings (SSSR count). The fourth-order valence-electron chi connectivity index (χ4n) is 1.96. The van der Waals surface area contributed by atoms with Crippen LogP contribution in [0.3, 0.4) is 0 Å². The largest absolute Gasteiger partial charge is 0.350 e. The predicted octanol–water partition coefficient (Wildman–Crippen LogP) is 4.50. The van der Waals surface area contributed by atoms with Gasteiger partial charge in [-0.05, 0) is 44.0 Å². The van der Waals surface area contributed by atoms with Gasteiger partial charge in [0.15, 0.2) is 0 Å². The fourth-order valence-corrected chi connectivity index (χ4v) is 2.27. The van der Waals surface area contributed by atoms with Gasteiger partial charge in [-0.25, -0.2) is 0 Å². The highest BCUT2D eigenvalue weighted by atomic mass is 35.5. The molecule has 3 nitrogen and oxygen atoms in total. The van der Waals surface area contributed by atoms with Crippen molar-refractivity contribution in [3.8, 4) is 0 Å². The highest BCUT2D eigenvalue weighted by molar-refractivity contribution is 6.42. The number of nitrogens with two attached hydrogens (primary N) is 1. The summed E-state index contributed by atoms with van der Waals surface area (Å²) >= 11 is 11.8. The maximum Gasteiger partial charge on any atom is 0.220 e. The summed E-state index contributed by atoms with van der Waals surface area (Å²) < 4.78 is 0. The minimum Gasteiger partial charge on any atom is -0.350 e. The zero-order chi connectivity index (χ0) is 15.0. The molecule has 0 aliphatic heterocycles. The van der Waals surface area contributed by atoms with Crippen LogP contribution in [0.2, 0.25) is 10.0 Å². The van der Waals surface area contributed by atoms with Crippen LogP contribution in [-0.2, 0) is 4.79 Å². The Hall–Kier alpha value is -0.480. The van der Waals surface area contributed by atoms with Gasteiger partial charge in [0, 0.05) is 6.42 Å². The highest BCUT2D eigenvalue weighted by Gasteiger charge is 2.10. The van der Waals surface area contributed by atoms with Gasteiger partial charge in [-0.3, -0.25) is 4.79 Å². The van der Waals surface area contributed by atoms with Crippen molar-refractivity contribution in [3.63, 3.8) is 0 Å². The second-order valence-corrected chi connectivity index (χ2v) is 5.73. The van der Waals surface area contributed by atoms with Crippen LogP contribution >= 0.6 is 35.6 Å². The summed E-state index contributed by atoms with van der Waals surface area (Å²) in [5, 5.41) is 4.00.